The van der Waals surface area contributed by atoms with Crippen LogP contribution < -0.4 is 0 Å². The number of rotatable bonds is 3. The lowest BCUT2D eigenvalue weighted by Crippen LogP contribution is -2.13. The van der Waals surface area contributed by atoms with Crippen LogP contribution in [0.25, 0.3) is 0 Å². The molecular weight excluding hydrogens is 212 g/mol. The van der Waals surface area contributed by atoms with Crippen LogP contribution in [0.15, 0.2) is 6.07 Å². The molecule has 1 aromatic rings. The Balaban J connectivity index is 3.27. The lowest BCUT2D eigenvalue weighted by molar-refractivity contribution is 0.288. The van der Waals surface area contributed by atoms with Gasteiger partial charge in [0.25, 0.3) is 0 Å². The van der Waals surface area contributed by atoms with Gasteiger partial charge in [-0.15, -0.1) is 0 Å². The van der Waals surface area contributed by atoms with E-state index in [0.717, 1.165) is 24.0 Å². The number of hydrogen-bond donors (Lipinski definition) is 2. The number of phenolic OH excluding ortho intramolecular Hbond substituents is 1. The SMILES string of the molecule is Cc1cc(C(C)(C)C)c(O)c(C)c1CCCO. The number of aryl methyl sites for hydroxylation is 1. The van der Waals surface area contributed by atoms with Crippen LogP contribution in [0.3, 0.4) is 0 Å². The fourth-order valence-electron chi connectivity index (χ4n) is 2.22. The third-order valence-corrected chi connectivity index (χ3v) is 3.29. The predicted molar refractivity (Wildman–Crippen MR) is 71.7 cm³/mol. The van der Waals surface area contributed by atoms with Crippen molar-refractivity contribution >= 4 is 0 Å². The van der Waals surface area contributed by atoms with Crippen molar-refractivity contribution in [2.45, 2.75) is 52.9 Å². The van der Waals surface area contributed by atoms with Gasteiger partial charge in [-0.25, -0.2) is 0 Å². The summed E-state index contributed by atoms with van der Waals surface area (Å²) in [6.07, 6.45) is 1.57. The van der Waals surface area contributed by atoms with Gasteiger partial charge >= 0.3 is 0 Å². The van der Waals surface area contributed by atoms with Gasteiger partial charge in [-0.3, -0.25) is 0 Å². The summed E-state index contributed by atoms with van der Waals surface area (Å²) in [4.78, 5) is 0. The number of aromatic hydroxyl groups is 1. The largest absolute Gasteiger partial charge is 0.507 e. The second-order valence-electron chi connectivity index (χ2n) is 5.77. The maximum atomic E-state index is 10.3. The zero-order chi connectivity index (χ0) is 13.2. The monoisotopic (exact) mass is 236 g/mol. The zero-order valence-electron chi connectivity index (χ0n) is 11.6. The number of phenols is 1. The summed E-state index contributed by atoms with van der Waals surface area (Å²) >= 11 is 0. The fraction of sp³-hybridized carbons (Fsp3) is 0.600. The first-order valence-corrected chi connectivity index (χ1v) is 6.22. The van der Waals surface area contributed by atoms with E-state index in [0.29, 0.717) is 5.75 Å². The molecule has 0 unspecified atom stereocenters. The van der Waals surface area contributed by atoms with E-state index >= 15 is 0 Å². The van der Waals surface area contributed by atoms with E-state index in [2.05, 4.69) is 33.8 Å². The Labute approximate surface area is 104 Å². The molecule has 2 N–H and O–H groups in total. The standard InChI is InChI=1S/C15H24O2/c1-10-9-13(15(3,4)5)14(17)11(2)12(10)7-6-8-16/h9,16-17H,6-8H2,1-5H3. The number of aliphatic hydroxyl groups excluding tert-OH is 1. The Kier molecular flexibility index (Phi) is 4.21. The minimum absolute atomic E-state index is 0.0465. The molecule has 0 spiro atoms. The normalized spacial score (nSPS) is 11.9. The summed E-state index contributed by atoms with van der Waals surface area (Å²) in [6, 6.07) is 2.08. The lowest BCUT2D eigenvalue weighted by atomic mass is 9.82. The highest BCUT2D eigenvalue weighted by Crippen LogP contribution is 2.36. The van der Waals surface area contributed by atoms with Crippen molar-refractivity contribution in [3.63, 3.8) is 0 Å². The molecule has 0 amide bonds. The van der Waals surface area contributed by atoms with Gasteiger partial charge in [-0.2, -0.15) is 0 Å². The van der Waals surface area contributed by atoms with Crippen LogP contribution in [0.2, 0.25) is 0 Å². The van der Waals surface area contributed by atoms with Crippen LogP contribution in [0.1, 0.15) is 49.4 Å². The Hall–Kier alpha value is -1.02. The van der Waals surface area contributed by atoms with Gasteiger partial charge in [0.05, 0.1) is 0 Å². The van der Waals surface area contributed by atoms with Crippen molar-refractivity contribution in [3.05, 3.63) is 28.3 Å². The first-order chi connectivity index (χ1) is 7.79. The summed E-state index contributed by atoms with van der Waals surface area (Å²) < 4.78 is 0. The molecule has 0 aliphatic rings. The van der Waals surface area contributed by atoms with E-state index < -0.39 is 0 Å². The maximum absolute atomic E-state index is 10.3. The average molecular weight is 236 g/mol. The molecule has 0 bridgehead atoms. The molecule has 0 aliphatic carbocycles. The van der Waals surface area contributed by atoms with Gasteiger partial charge < -0.3 is 10.2 Å². The fourth-order valence-corrected chi connectivity index (χ4v) is 2.22. The molecule has 1 aromatic carbocycles. The molecule has 2 heteroatoms. The van der Waals surface area contributed by atoms with E-state index in [-0.39, 0.29) is 12.0 Å². The molecule has 0 aromatic heterocycles. The van der Waals surface area contributed by atoms with Crippen LogP contribution in [-0.2, 0) is 11.8 Å². The number of hydrogen-bond acceptors (Lipinski definition) is 2. The second-order valence-corrected chi connectivity index (χ2v) is 5.77. The molecule has 0 heterocycles. The highest BCUT2D eigenvalue weighted by Gasteiger charge is 2.21. The topological polar surface area (TPSA) is 40.5 Å². The van der Waals surface area contributed by atoms with Crippen molar-refractivity contribution in [1.29, 1.82) is 0 Å². The van der Waals surface area contributed by atoms with Crippen molar-refractivity contribution in [3.8, 4) is 5.75 Å². The minimum Gasteiger partial charge on any atom is -0.507 e. The molecule has 1 rings (SSSR count). The van der Waals surface area contributed by atoms with Gasteiger partial charge in [0.15, 0.2) is 0 Å². The van der Waals surface area contributed by atoms with Gasteiger partial charge in [-0.1, -0.05) is 26.8 Å². The second kappa shape index (κ2) is 5.09. The lowest BCUT2D eigenvalue weighted by Gasteiger charge is -2.24. The molecule has 0 aliphatic heterocycles. The van der Waals surface area contributed by atoms with E-state index in [1.165, 1.54) is 11.1 Å². The highest BCUT2D eigenvalue weighted by atomic mass is 16.3. The van der Waals surface area contributed by atoms with Crippen LogP contribution in [0, 0.1) is 13.8 Å². The smallest absolute Gasteiger partial charge is 0.122 e. The van der Waals surface area contributed by atoms with Gasteiger partial charge in [-0.05, 0) is 54.4 Å². The van der Waals surface area contributed by atoms with Gasteiger partial charge in [0, 0.05) is 6.61 Å². The van der Waals surface area contributed by atoms with Gasteiger partial charge in [0.2, 0.25) is 0 Å². The average Bonchev–Trinajstić information content (AvgIpc) is 2.22. The molecule has 0 fully saturated rings. The van der Waals surface area contributed by atoms with E-state index in [9.17, 15) is 5.11 Å². The van der Waals surface area contributed by atoms with E-state index in [1.54, 1.807) is 0 Å². The minimum atomic E-state index is -0.0465. The summed E-state index contributed by atoms with van der Waals surface area (Å²) in [5.74, 6) is 0.413. The van der Waals surface area contributed by atoms with Crippen molar-refractivity contribution < 1.29 is 10.2 Å². The molecule has 2 nitrogen and oxygen atoms in total. The molecule has 0 radical (unpaired) electrons. The number of benzene rings is 1. The van der Waals surface area contributed by atoms with Crippen LogP contribution in [0.4, 0.5) is 0 Å². The van der Waals surface area contributed by atoms with Gasteiger partial charge in [0.1, 0.15) is 5.75 Å². The van der Waals surface area contributed by atoms with E-state index in [4.69, 9.17) is 5.11 Å². The van der Waals surface area contributed by atoms with Crippen LogP contribution in [-0.4, -0.2) is 16.8 Å². The molecule has 96 valence electrons. The first-order valence-electron chi connectivity index (χ1n) is 6.22. The molecule has 0 saturated heterocycles. The maximum Gasteiger partial charge on any atom is 0.122 e. The van der Waals surface area contributed by atoms with Crippen molar-refractivity contribution in [1.82, 2.24) is 0 Å². The highest BCUT2D eigenvalue weighted by molar-refractivity contribution is 5.51. The number of aliphatic hydroxyl groups is 1. The summed E-state index contributed by atoms with van der Waals surface area (Å²) in [5.41, 5.74) is 4.29. The zero-order valence-corrected chi connectivity index (χ0v) is 11.6. The summed E-state index contributed by atoms with van der Waals surface area (Å²) in [7, 11) is 0. The summed E-state index contributed by atoms with van der Waals surface area (Å²) in [5, 5.41) is 19.2. The predicted octanol–water partition coefficient (Wildman–Crippen LogP) is 3.23. The van der Waals surface area contributed by atoms with Crippen LogP contribution in [0.5, 0.6) is 5.75 Å². The van der Waals surface area contributed by atoms with Crippen LogP contribution >= 0.6 is 0 Å². The summed E-state index contributed by atoms with van der Waals surface area (Å²) in [6.45, 7) is 10.6. The Morgan fingerprint density at radius 3 is 2.24 bits per heavy atom. The third-order valence-electron chi connectivity index (χ3n) is 3.29. The Bertz CT molecular complexity index is 400. The third kappa shape index (κ3) is 3.01. The van der Waals surface area contributed by atoms with Crippen molar-refractivity contribution in [2.75, 3.05) is 6.61 Å². The first kappa shape index (κ1) is 14.0. The molecule has 0 atom stereocenters. The Morgan fingerprint density at radius 1 is 1.18 bits per heavy atom. The van der Waals surface area contributed by atoms with Crippen molar-refractivity contribution in [2.24, 2.45) is 0 Å². The molecular formula is C15H24O2. The molecule has 0 saturated carbocycles. The molecule has 17 heavy (non-hydrogen) atoms. The quantitative estimate of drug-likeness (QED) is 0.846. The van der Waals surface area contributed by atoms with E-state index in [1.807, 2.05) is 6.92 Å². The Morgan fingerprint density at radius 2 is 1.76 bits per heavy atom.